The van der Waals surface area contributed by atoms with E-state index in [1.807, 2.05) is 44.2 Å². The third-order valence-electron chi connectivity index (χ3n) is 2.61. The van der Waals surface area contributed by atoms with E-state index < -0.39 is 0 Å². The van der Waals surface area contributed by atoms with Crippen molar-refractivity contribution in [3.8, 4) is 0 Å². The Morgan fingerprint density at radius 1 is 1.16 bits per heavy atom. The number of hydrogen-bond donors (Lipinski definition) is 0. The van der Waals surface area contributed by atoms with Crippen molar-refractivity contribution in [2.24, 2.45) is 0 Å². The fourth-order valence-electron chi connectivity index (χ4n) is 1.77. The van der Waals surface area contributed by atoms with Crippen LogP contribution in [0.4, 0.5) is 0 Å². The fourth-order valence-corrected chi connectivity index (χ4v) is 1.77. The van der Waals surface area contributed by atoms with Gasteiger partial charge in [-0.2, -0.15) is 4.98 Å². The summed E-state index contributed by atoms with van der Waals surface area (Å²) in [7, 11) is 0. The molecular weight excluding hydrogens is 240 g/mol. The van der Waals surface area contributed by atoms with E-state index in [1.54, 1.807) is 16.8 Å². The first-order valence-corrected chi connectivity index (χ1v) is 6.31. The molecule has 0 saturated heterocycles. The first-order valence-electron chi connectivity index (χ1n) is 6.31. The van der Waals surface area contributed by atoms with Crippen molar-refractivity contribution in [2.75, 3.05) is 0 Å². The van der Waals surface area contributed by atoms with Crippen LogP contribution in [-0.2, 0) is 6.54 Å². The molecule has 0 atom stereocenters. The Balaban J connectivity index is 0.000000637. The van der Waals surface area contributed by atoms with Gasteiger partial charge in [0.1, 0.15) is 0 Å². The van der Waals surface area contributed by atoms with E-state index >= 15 is 0 Å². The molecular formula is C15H16N2O2. The maximum atomic E-state index is 11.7. The molecule has 1 aromatic carbocycles. The average molecular weight is 256 g/mol. The standard InChI is InChI=1S/C13H10N2O2.C2H6/c16-13-14-12-11(6-7-17-12)9-15(13)8-10-4-2-1-3-5-10;1-2/h1-7,9H,8H2;1-2H3. The molecule has 0 fully saturated rings. The van der Waals surface area contributed by atoms with Gasteiger partial charge < -0.3 is 4.42 Å². The van der Waals surface area contributed by atoms with E-state index in [-0.39, 0.29) is 5.69 Å². The third-order valence-corrected chi connectivity index (χ3v) is 2.61. The highest BCUT2D eigenvalue weighted by Crippen LogP contribution is 2.10. The van der Waals surface area contributed by atoms with Crippen LogP contribution in [0.1, 0.15) is 19.4 Å². The van der Waals surface area contributed by atoms with Gasteiger partial charge in [-0.15, -0.1) is 0 Å². The van der Waals surface area contributed by atoms with Crippen LogP contribution < -0.4 is 5.69 Å². The van der Waals surface area contributed by atoms with Crippen LogP contribution in [-0.4, -0.2) is 9.55 Å². The number of benzene rings is 1. The van der Waals surface area contributed by atoms with Gasteiger partial charge in [-0.1, -0.05) is 44.2 Å². The second-order valence-electron chi connectivity index (χ2n) is 3.82. The fraction of sp³-hybridized carbons (Fsp3) is 0.200. The van der Waals surface area contributed by atoms with E-state index in [2.05, 4.69) is 4.98 Å². The lowest BCUT2D eigenvalue weighted by Crippen LogP contribution is -2.22. The maximum absolute atomic E-state index is 11.7. The van der Waals surface area contributed by atoms with Gasteiger partial charge in [-0.25, -0.2) is 4.79 Å². The summed E-state index contributed by atoms with van der Waals surface area (Å²) < 4.78 is 6.66. The van der Waals surface area contributed by atoms with Crippen molar-refractivity contribution in [2.45, 2.75) is 20.4 Å². The Hall–Kier alpha value is -2.36. The minimum absolute atomic E-state index is 0.295. The summed E-state index contributed by atoms with van der Waals surface area (Å²) in [5.74, 6) is 0. The largest absolute Gasteiger partial charge is 0.446 e. The number of nitrogens with zero attached hydrogens (tertiary/aromatic N) is 2. The molecule has 0 aliphatic heterocycles. The zero-order valence-corrected chi connectivity index (χ0v) is 11.0. The van der Waals surface area contributed by atoms with Crippen LogP contribution in [0.25, 0.3) is 11.1 Å². The van der Waals surface area contributed by atoms with E-state index in [0.717, 1.165) is 10.9 Å². The number of furan rings is 1. The van der Waals surface area contributed by atoms with Crippen LogP contribution in [0.5, 0.6) is 0 Å². The summed E-state index contributed by atoms with van der Waals surface area (Å²) >= 11 is 0. The van der Waals surface area contributed by atoms with Crippen LogP contribution in [0.3, 0.4) is 0 Å². The van der Waals surface area contributed by atoms with Crippen molar-refractivity contribution < 1.29 is 4.42 Å². The Kier molecular flexibility index (Phi) is 4.13. The molecule has 2 heterocycles. The van der Waals surface area contributed by atoms with E-state index in [9.17, 15) is 4.79 Å². The van der Waals surface area contributed by atoms with Crippen molar-refractivity contribution >= 4 is 11.1 Å². The highest BCUT2D eigenvalue weighted by atomic mass is 16.3. The van der Waals surface area contributed by atoms with E-state index in [0.29, 0.717) is 12.3 Å². The second-order valence-corrected chi connectivity index (χ2v) is 3.82. The Labute approximate surface area is 111 Å². The Morgan fingerprint density at radius 3 is 2.63 bits per heavy atom. The predicted octanol–water partition coefficient (Wildman–Crippen LogP) is 3.06. The molecule has 4 heteroatoms. The lowest BCUT2D eigenvalue weighted by Gasteiger charge is -2.04. The number of hydrogen-bond acceptors (Lipinski definition) is 3. The van der Waals surface area contributed by atoms with Crippen molar-refractivity contribution in [3.05, 3.63) is 64.9 Å². The van der Waals surface area contributed by atoms with Crippen molar-refractivity contribution in [1.82, 2.24) is 9.55 Å². The number of fused-ring (bicyclic) bond motifs is 1. The minimum atomic E-state index is -0.295. The Morgan fingerprint density at radius 2 is 1.89 bits per heavy atom. The first-order chi connectivity index (χ1) is 9.33. The molecule has 3 aromatic rings. The number of aromatic nitrogens is 2. The molecule has 3 rings (SSSR count). The highest BCUT2D eigenvalue weighted by molar-refractivity contribution is 5.71. The first kappa shape index (κ1) is 13.1. The lowest BCUT2D eigenvalue weighted by molar-refractivity contribution is 0.595. The summed E-state index contributed by atoms with van der Waals surface area (Å²) in [4.78, 5) is 15.6. The molecule has 0 N–H and O–H groups in total. The molecule has 0 aliphatic carbocycles. The van der Waals surface area contributed by atoms with Gasteiger partial charge in [0, 0.05) is 6.20 Å². The van der Waals surface area contributed by atoms with E-state index in [1.165, 1.54) is 6.26 Å². The molecule has 0 radical (unpaired) electrons. The molecule has 98 valence electrons. The molecule has 0 amide bonds. The topological polar surface area (TPSA) is 48.0 Å². The van der Waals surface area contributed by atoms with Crippen LogP contribution in [0, 0.1) is 0 Å². The van der Waals surface area contributed by atoms with Gasteiger partial charge in [0.15, 0.2) is 0 Å². The highest BCUT2D eigenvalue weighted by Gasteiger charge is 2.04. The summed E-state index contributed by atoms with van der Waals surface area (Å²) in [6.07, 6.45) is 3.30. The second kappa shape index (κ2) is 6.00. The van der Waals surface area contributed by atoms with Crippen LogP contribution >= 0.6 is 0 Å². The van der Waals surface area contributed by atoms with Gasteiger partial charge in [-0.05, 0) is 11.6 Å². The van der Waals surface area contributed by atoms with Crippen LogP contribution in [0.2, 0.25) is 0 Å². The third kappa shape index (κ3) is 2.91. The molecule has 0 saturated carbocycles. The summed E-state index contributed by atoms with van der Waals surface area (Å²) in [6.45, 7) is 4.52. The maximum Gasteiger partial charge on any atom is 0.351 e. The molecule has 0 spiro atoms. The summed E-state index contributed by atoms with van der Waals surface area (Å²) in [5, 5.41) is 0.834. The molecule has 19 heavy (non-hydrogen) atoms. The molecule has 2 aromatic heterocycles. The van der Waals surface area contributed by atoms with Gasteiger partial charge in [0.2, 0.25) is 5.71 Å². The molecule has 4 nitrogen and oxygen atoms in total. The summed E-state index contributed by atoms with van der Waals surface area (Å²) in [5.41, 5.74) is 1.16. The van der Waals surface area contributed by atoms with E-state index in [4.69, 9.17) is 4.42 Å². The zero-order valence-electron chi connectivity index (χ0n) is 11.0. The van der Waals surface area contributed by atoms with Crippen molar-refractivity contribution in [3.63, 3.8) is 0 Å². The van der Waals surface area contributed by atoms with Gasteiger partial charge in [-0.3, -0.25) is 4.57 Å². The van der Waals surface area contributed by atoms with Gasteiger partial charge >= 0.3 is 5.69 Å². The average Bonchev–Trinajstić information content (AvgIpc) is 2.90. The quantitative estimate of drug-likeness (QED) is 0.708. The predicted molar refractivity (Wildman–Crippen MR) is 75.2 cm³/mol. The SMILES string of the molecule is CC.O=c1nc2occc2cn1Cc1ccccc1. The number of rotatable bonds is 2. The smallest absolute Gasteiger partial charge is 0.351 e. The van der Waals surface area contributed by atoms with Crippen molar-refractivity contribution in [1.29, 1.82) is 0 Å². The molecule has 0 bridgehead atoms. The van der Waals surface area contributed by atoms with Crippen LogP contribution in [0.15, 0.2) is 58.1 Å². The monoisotopic (exact) mass is 256 g/mol. The Bertz CT molecular complexity index is 699. The van der Waals surface area contributed by atoms with Gasteiger partial charge in [0.25, 0.3) is 0 Å². The normalized spacial score (nSPS) is 10.0. The lowest BCUT2D eigenvalue weighted by atomic mass is 10.2. The minimum Gasteiger partial charge on any atom is -0.446 e. The summed E-state index contributed by atoms with van der Waals surface area (Å²) in [6, 6.07) is 11.6. The molecule has 0 unspecified atom stereocenters. The zero-order chi connectivity index (χ0) is 13.7. The molecule has 0 aliphatic rings. The van der Waals surface area contributed by atoms with Gasteiger partial charge in [0.05, 0.1) is 18.2 Å².